The van der Waals surface area contributed by atoms with Gasteiger partial charge >= 0.3 is 5.97 Å². The van der Waals surface area contributed by atoms with Crippen LogP contribution >= 0.6 is 12.6 Å². The minimum atomic E-state index is -1.42. The largest absolute Gasteiger partial charge is 0.480 e. The van der Waals surface area contributed by atoms with Crippen LogP contribution in [0.4, 0.5) is 0 Å². The third-order valence-corrected chi connectivity index (χ3v) is 5.49. The van der Waals surface area contributed by atoms with Gasteiger partial charge < -0.3 is 32.1 Å². The number of carboxylic acid groups (broad SMARTS) is 1. The van der Waals surface area contributed by atoms with Gasteiger partial charge in [0.2, 0.25) is 23.6 Å². The number of nitrogens with two attached hydrogens (primary N) is 1. The zero-order valence-electron chi connectivity index (χ0n) is 18.0. The number of thiol groups is 1. The highest BCUT2D eigenvalue weighted by Crippen LogP contribution is 2.08. The molecule has 1 aliphatic rings. The molecule has 4 atom stereocenters. The Hall–Kier alpha value is -3.12. The predicted molar refractivity (Wildman–Crippen MR) is 122 cm³/mol. The highest BCUT2D eigenvalue weighted by molar-refractivity contribution is 7.80. The zero-order chi connectivity index (χ0) is 24.4. The molecule has 1 fully saturated rings. The second kappa shape index (κ2) is 12.8. The molecule has 0 aliphatic carbocycles. The van der Waals surface area contributed by atoms with Crippen molar-refractivity contribution in [3.8, 4) is 0 Å². The van der Waals surface area contributed by atoms with E-state index in [1.54, 1.807) is 24.3 Å². The lowest BCUT2D eigenvalue weighted by Crippen LogP contribution is -2.58. The van der Waals surface area contributed by atoms with E-state index in [-0.39, 0.29) is 18.1 Å². The first kappa shape index (κ1) is 26.1. The van der Waals surface area contributed by atoms with Crippen molar-refractivity contribution in [1.82, 2.24) is 21.3 Å². The van der Waals surface area contributed by atoms with Gasteiger partial charge in [-0.15, -0.1) is 0 Å². The van der Waals surface area contributed by atoms with E-state index >= 15 is 0 Å². The third-order valence-electron chi connectivity index (χ3n) is 5.13. The summed E-state index contributed by atoms with van der Waals surface area (Å²) in [5.41, 5.74) is 5.99. The summed E-state index contributed by atoms with van der Waals surface area (Å²) < 4.78 is 0. The molecule has 2 rings (SSSR count). The first-order chi connectivity index (χ1) is 15.7. The average Bonchev–Trinajstić information content (AvgIpc) is 3.31. The number of hydrogen-bond acceptors (Lipinski definition) is 7. The van der Waals surface area contributed by atoms with Crippen molar-refractivity contribution in [3.63, 3.8) is 0 Å². The summed E-state index contributed by atoms with van der Waals surface area (Å²) in [7, 11) is 0. The van der Waals surface area contributed by atoms with Gasteiger partial charge in [0.1, 0.15) is 18.1 Å². The highest BCUT2D eigenvalue weighted by atomic mass is 32.1. The Morgan fingerprint density at radius 3 is 2.21 bits per heavy atom. The number of rotatable bonds is 12. The van der Waals surface area contributed by atoms with Crippen LogP contribution in [0.2, 0.25) is 0 Å². The van der Waals surface area contributed by atoms with Crippen molar-refractivity contribution >= 4 is 42.2 Å². The Balaban J connectivity index is 2.17. The standard InChI is InChI=1S/C21H29N5O6S/c22-17(27)10-15(20(30)26-16(11-33)21(31)32)25-19(29)14(9-12-5-2-1-3-6-12)24-18(28)13-7-4-8-23-13/h1-3,5-6,13-16,23,33H,4,7-11H2,(H2,22,27)(H,24,28)(H,25,29)(H,26,30)(H,31,32). The average molecular weight is 480 g/mol. The van der Waals surface area contributed by atoms with Crippen LogP contribution in [0.5, 0.6) is 0 Å². The molecular formula is C21H29N5O6S. The molecule has 4 amide bonds. The van der Waals surface area contributed by atoms with Gasteiger partial charge in [-0.05, 0) is 24.9 Å². The van der Waals surface area contributed by atoms with Gasteiger partial charge in [0.15, 0.2) is 0 Å². The molecule has 0 radical (unpaired) electrons. The van der Waals surface area contributed by atoms with Crippen molar-refractivity contribution < 1.29 is 29.1 Å². The molecule has 7 N–H and O–H groups in total. The number of primary amides is 1. The topological polar surface area (TPSA) is 180 Å². The maximum Gasteiger partial charge on any atom is 0.327 e. The molecule has 0 spiro atoms. The van der Waals surface area contributed by atoms with Gasteiger partial charge in [-0.3, -0.25) is 19.2 Å². The molecule has 4 unspecified atom stereocenters. The van der Waals surface area contributed by atoms with Crippen LogP contribution in [-0.2, 0) is 30.4 Å². The molecule has 1 aliphatic heterocycles. The van der Waals surface area contributed by atoms with Crippen LogP contribution in [0.25, 0.3) is 0 Å². The van der Waals surface area contributed by atoms with Crippen molar-refractivity contribution in [3.05, 3.63) is 35.9 Å². The van der Waals surface area contributed by atoms with Gasteiger partial charge in [-0.2, -0.15) is 12.6 Å². The molecule has 12 heteroatoms. The highest BCUT2D eigenvalue weighted by Gasteiger charge is 2.32. The quantitative estimate of drug-likeness (QED) is 0.175. The SMILES string of the molecule is NC(=O)CC(NC(=O)C(Cc1ccccc1)NC(=O)C1CCCN1)C(=O)NC(CS)C(=O)O. The predicted octanol–water partition coefficient (Wildman–Crippen LogP) is -1.67. The van der Waals surface area contributed by atoms with Crippen LogP contribution in [0.3, 0.4) is 0 Å². The number of carbonyl (C=O) groups excluding carboxylic acids is 4. The van der Waals surface area contributed by atoms with Crippen LogP contribution in [-0.4, -0.2) is 71.2 Å². The fourth-order valence-electron chi connectivity index (χ4n) is 3.38. The van der Waals surface area contributed by atoms with E-state index in [2.05, 4.69) is 33.9 Å². The Morgan fingerprint density at radius 1 is 1.03 bits per heavy atom. The van der Waals surface area contributed by atoms with Gasteiger partial charge in [0, 0.05) is 12.2 Å². The Labute approximate surface area is 196 Å². The monoisotopic (exact) mass is 479 g/mol. The number of aliphatic carboxylic acids is 1. The molecule has 0 saturated carbocycles. The summed E-state index contributed by atoms with van der Waals surface area (Å²) in [4.78, 5) is 60.9. The summed E-state index contributed by atoms with van der Waals surface area (Å²) in [6.07, 6.45) is 1.07. The molecule has 180 valence electrons. The third kappa shape index (κ3) is 8.39. The van der Waals surface area contributed by atoms with Crippen LogP contribution in [0, 0.1) is 0 Å². The fourth-order valence-corrected chi connectivity index (χ4v) is 3.63. The van der Waals surface area contributed by atoms with Crippen molar-refractivity contribution in [1.29, 1.82) is 0 Å². The van der Waals surface area contributed by atoms with E-state index in [0.29, 0.717) is 13.0 Å². The van der Waals surface area contributed by atoms with Crippen molar-refractivity contribution in [2.45, 2.75) is 49.9 Å². The number of nitrogens with one attached hydrogen (secondary N) is 4. The van der Waals surface area contributed by atoms with Gasteiger partial charge in [-0.25, -0.2) is 4.79 Å². The summed E-state index contributed by atoms with van der Waals surface area (Å²) >= 11 is 3.88. The number of carbonyl (C=O) groups is 5. The molecule has 33 heavy (non-hydrogen) atoms. The minimum absolute atomic E-state index is 0.143. The van der Waals surface area contributed by atoms with Crippen molar-refractivity contribution in [2.24, 2.45) is 5.73 Å². The zero-order valence-corrected chi connectivity index (χ0v) is 18.8. The Kier molecular flexibility index (Phi) is 10.1. The number of hydrogen-bond donors (Lipinski definition) is 7. The summed E-state index contributed by atoms with van der Waals surface area (Å²) in [6, 6.07) is 4.77. The lowest BCUT2D eigenvalue weighted by molar-refractivity contribution is -0.141. The second-order valence-corrected chi connectivity index (χ2v) is 8.08. The molecule has 0 aromatic heterocycles. The molecule has 1 aromatic rings. The lowest BCUT2D eigenvalue weighted by atomic mass is 10.0. The minimum Gasteiger partial charge on any atom is -0.480 e. The molecule has 1 aromatic carbocycles. The van der Waals surface area contributed by atoms with E-state index in [9.17, 15) is 24.0 Å². The van der Waals surface area contributed by atoms with Crippen LogP contribution in [0.15, 0.2) is 30.3 Å². The number of carboxylic acids is 1. The maximum absolute atomic E-state index is 13.1. The van der Waals surface area contributed by atoms with Crippen molar-refractivity contribution in [2.75, 3.05) is 12.3 Å². The smallest absolute Gasteiger partial charge is 0.327 e. The molecule has 0 bridgehead atoms. The number of amides is 4. The summed E-state index contributed by atoms with van der Waals surface area (Å²) in [5, 5.41) is 19.5. The molecule has 1 saturated heterocycles. The second-order valence-electron chi connectivity index (χ2n) is 7.71. The van der Waals surface area contributed by atoms with Crippen LogP contribution in [0.1, 0.15) is 24.8 Å². The molecule has 1 heterocycles. The lowest BCUT2D eigenvalue weighted by Gasteiger charge is -2.24. The Bertz CT molecular complexity index is 862. The summed E-state index contributed by atoms with van der Waals surface area (Å²) in [5.74, 6) is -4.33. The van der Waals surface area contributed by atoms with E-state index in [1.165, 1.54) is 0 Å². The van der Waals surface area contributed by atoms with Gasteiger partial charge in [0.25, 0.3) is 0 Å². The fraction of sp³-hybridized carbons (Fsp3) is 0.476. The number of benzene rings is 1. The summed E-state index contributed by atoms with van der Waals surface area (Å²) in [6.45, 7) is 0.699. The van der Waals surface area contributed by atoms with E-state index in [0.717, 1.165) is 12.0 Å². The van der Waals surface area contributed by atoms with E-state index < -0.39 is 54.3 Å². The van der Waals surface area contributed by atoms with Crippen LogP contribution < -0.4 is 27.0 Å². The molecule has 11 nitrogen and oxygen atoms in total. The normalized spacial score (nSPS) is 17.9. The van der Waals surface area contributed by atoms with E-state index in [1.807, 2.05) is 6.07 Å². The maximum atomic E-state index is 13.1. The van der Waals surface area contributed by atoms with Gasteiger partial charge in [-0.1, -0.05) is 30.3 Å². The van der Waals surface area contributed by atoms with E-state index in [4.69, 9.17) is 10.8 Å². The first-order valence-electron chi connectivity index (χ1n) is 10.5. The Morgan fingerprint density at radius 2 is 1.67 bits per heavy atom. The molecular weight excluding hydrogens is 450 g/mol. The van der Waals surface area contributed by atoms with Gasteiger partial charge in [0.05, 0.1) is 12.5 Å². The first-order valence-corrected chi connectivity index (χ1v) is 11.1.